The predicted molar refractivity (Wildman–Crippen MR) is 125 cm³/mol. The molecule has 0 unspecified atom stereocenters. The van der Waals surface area contributed by atoms with Crippen LogP contribution >= 0.6 is 23.2 Å². The molecule has 1 amide bonds. The number of para-hydroxylation sites is 1. The second kappa shape index (κ2) is 9.90. The Morgan fingerprint density at radius 3 is 2.84 bits per heavy atom. The summed E-state index contributed by atoms with van der Waals surface area (Å²) in [6, 6.07) is 16.8. The Balaban J connectivity index is 1.41. The minimum atomic E-state index is -0.196. The number of hydrogen-bond donors (Lipinski definition) is 2. The van der Waals surface area contributed by atoms with Gasteiger partial charge < -0.3 is 20.3 Å². The second-order valence-corrected chi connectivity index (χ2v) is 7.94. The van der Waals surface area contributed by atoms with Crippen LogP contribution < -0.4 is 20.3 Å². The highest BCUT2D eigenvalue weighted by Crippen LogP contribution is 2.31. The first kappa shape index (κ1) is 21.3. The second-order valence-electron chi connectivity index (χ2n) is 7.09. The third-order valence-corrected chi connectivity index (χ3v) is 5.52. The summed E-state index contributed by atoms with van der Waals surface area (Å²) in [5.41, 5.74) is 2.27. The average Bonchev–Trinajstić information content (AvgIpc) is 2.79. The molecule has 0 spiro atoms. The van der Waals surface area contributed by atoms with Gasteiger partial charge in [-0.2, -0.15) is 0 Å². The highest BCUT2D eigenvalue weighted by molar-refractivity contribution is 6.33. The Morgan fingerprint density at radius 2 is 2.00 bits per heavy atom. The molecular formula is C23H22Cl2N4O2. The maximum Gasteiger partial charge on any atom is 0.253 e. The molecular weight excluding hydrogens is 435 g/mol. The number of hydrogen-bond acceptors (Lipinski definition) is 5. The number of anilines is 2. The lowest BCUT2D eigenvalue weighted by Gasteiger charge is -2.32. The molecule has 1 aromatic heterocycles. The van der Waals surface area contributed by atoms with Gasteiger partial charge in [-0.15, -0.1) is 0 Å². The van der Waals surface area contributed by atoms with Gasteiger partial charge in [-0.3, -0.25) is 4.79 Å². The lowest BCUT2D eigenvalue weighted by atomic mass is 10.1. The summed E-state index contributed by atoms with van der Waals surface area (Å²) in [7, 11) is 0. The molecule has 0 bridgehead atoms. The van der Waals surface area contributed by atoms with Gasteiger partial charge in [0.05, 0.1) is 17.8 Å². The quantitative estimate of drug-likeness (QED) is 0.507. The van der Waals surface area contributed by atoms with E-state index in [1.54, 1.807) is 18.3 Å². The number of halogens is 2. The molecule has 8 heteroatoms. The van der Waals surface area contributed by atoms with E-state index >= 15 is 0 Å². The summed E-state index contributed by atoms with van der Waals surface area (Å²) < 4.78 is 5.62. The predicted octanol–water partition coefficient (Wildman–Crippen LogP) is 4.63. The third kappa shape index (κ3) is 5.40. The number of fused-ring (bicyclic) bond motifs is 1. The number of carbonyl (C=O) groups excluding carboxylic acids is 1. The fourth-order valence-corrected chi connectivity index (χ4v) is 3.74. The average molecular weight is 457 g/mol. The minimum Gasteiger partial charge on any atom is -0.492 e. The molecule has 160 valence electrons. The van der Waals surface area contributed by atoms with Crippen molar-refractivity contribution in [2.75, 3.05) is 36.5 Å². The first-order valence-corrected chi connectivity index (χ1v) is 10.7. The highest BCUT2D eigenvalue weighted by atomic mass is 35.5. The number of aromatic nitrogens is 1. The third-order valence-electron chi connectivity index (χ3n) is 4.91. The molecule has 1 aliphatic heterocycles. The van der Waals surface area contributed by atoms with Crippen LogP contribution in [0.5, 0.6) is 5.75 Å². The number of pyridine rings is 1. The molecule has 0 saturated heterocycles. The number of nitrogens with zero attached hydrogens (tertiary/aromatic N) is 2. The summed E-state index contributed by atoms with van der Waals surface area (Å²) in [5, 5.41) is 7.45. The van der Waals surface area contributed by atoms with Gasteiger partial charge in [-0.1, -0.05) is 41.4 Å². The number of benzene rings is 2. The van der Waals surface area contributed by atoms with Gasteiger partial charge in [0.15, 0.2) is 0 Å². The molecule has 2 N–H and O–H groups in total. The van der Waals surface area contributed by atoms with Crippen molar-refractivity contribution in [1.29, 1.82) is 0 Å². The van der Waals surface area contributed by atoms with Crippen LogP contribution in [0.2, 0.25) is 10.0 Å². The van der Waals surface area contributed by atoms with Gasteiger partial charge in [0, 0.05) is 35.9 Å². The fraction of sp³-hybridized carbons (Fsp3) is 0.217. The Hall–Kier alpha value is -2.96. The molecule has 0 fully saturated rings. The summed E-state index contributed by atoms with van der Waals surface area (Å²) in [6.45, 7) is 2.86. The van der Waals surface area contributed by atoms with E-state index in [4.69, 9.17) is 27.9 Å². The standard InChI is InChI=1S/C23H22Cl2N4O2/c24-18-6-7-20(25)17(12-18)15-29-10-8-26-22-21(29)13-16(14-28-22)23(30)27-9-11-31-19-4-2-1-3-5-19/h1-7,12-14H,8-11,15H2,(H,26,28)(H,27,30). The smallest absolute Gasteiger partial charge is 0.253 e. The van der Waals surface area contributed by atoms with Crippen LogP contribution in [0.25, 0.3) is 0 Å². The maximum absolute atomic E-state index is 12.6. The van der Waals surface area contributed by atoms with Crippen LogP contribution in [0.1, 0.15) is 15.9 Å². The monoisotopic (exact) mass is 456 g/mol. The zero-order chi connectivity index (χ0) is 21.6. The van der Waals surface area contributed by atoms with Crippen molar-refractivity contribution in [2.24, 2.45) is 0 Å². The van der Waals surface area contributed by atoms with E-state index in [1.165, 1.54) is 0 Å². The highest BCUT2D eigenvalue weighted by Gasteiger charge is 2.21. The Morgan fingerprint density at radius 1 is 1.16 bits per heavy atom. The Labute approximate surface area is 191 Å². The van der Waals surface area contributed by atoms with E-state index in [1.807, 2.05) is 42.5 Å². The zero-order valence-corrected chi connectivity index (χ0v) is 18.3. The van der Waals surface area contributed by atoms with Crippen molar-refractivity contribution in [2.45, 2.75) is 6.54 Å². The molecule has 0 radical (unpaired) electrons. The summed E-state index contributed by atoms with van der Waals surface area (Å²) in [5.74, 6) is 1.32. The van der Waals surface area contributed by atoms with Gasteiger partial charge in [0.1, 0.15) is 18.2 Å². The largest absolute Gasteiger partial charge is 0.492 e. The molecule has 1 aliphatic rings. The van der Waals surface area contributed by atoms with Crippen LogP contribution in [0.3, 0.4) is 0 Å². The Bertz CT molecular complexity index is 1060. The first-order chi connectivity index (χ1) is 15.1. The van der Waals surface area contributed by atoms with Crippen molar-refractivity contribution in [1.82, 2.24) is 10.3 Å². The molecule has 3 aromatic rings. The van der Waals surface area contributed by atoms with Gasteiger partial charge in [-0.25, -0.2) is 4.98 Å². The van der Waals surface area contributed by atoms with E-state index in [2.05, 4.69) is 20.5 Å². The molecule has 2 aromatic carbocycles. The molecule has 2 heterocycles. The van der Waals surface area contributed by atoms with E-state index in [0.717, 1.165) is 35.9 Å². The van der Waals surface area contributed by atoms with Crippen LogP contribution in [-0.4, -0.2) is 37.1 Å². The number of rotatable bonds is 7. The van der Waals surface area contributed by atoms with Crippen LogP contribution in [0.4, 0.5) is 11.5 Å². The fourth-order valence-electron chi connectivity index (χ4n) is 3.37. The molecule has 0 aliphatic carbocycles. The van der Waals surface area contributed by atoms with Gasteiger partial charge in [0.2, 0.25) is 0 Å². The topological polar surface area (TPSA) is 66.5 Å². The van der Waals surface area contributed by atoms with Gasteiger partial charge >= 0.3 is 0 Å². The molecule has 4 rings (SSSR count). The zero-order valence-electron chi connectivity index (χ0n) is 16.8. The maximum atomic E-state index is 12.6. The van der Waals surface area contributed by atoms with Crippen molar-refractivity contribution in [3.8, 4) is 5.75 Å². The lowest BCUT2D eigenvalue weighted by Crippen LogP contribution is -2.35. The van der Waals surface area contributed by atoms with E-state index < -0.39 is 0 Å². The SMILES string of the molecule is O=C(NCCOc1ccccc1)c1cnc2c(c1)N(Cc1cc(Cl)ccc1Cl)CCN2. The van der Waals surface area contributed by atoms with E-state index in [-0.39, 0.29) is 5.91 Å². The van der Waals surface area contributed by atoms with E-state index in [0.29, 0.717) is 35.3 Å². The molecule has 6 nitrogen and oxygen atoms in total. The first-order valence-electron chi connectivity index (χ1n) is 9.99. The summed E-state index contributed by atoms with van der Waals surface area (Å²) in [6.07, 6.45) is 1.58. The van der Waals surface area contributed by atoms with Crippen LogP contribution in [0, 0.1) is 0 Å². The number of carbonyl (C=O) groups is 1. The summed E-state index contributed by atoms with van der Waals surface area (Å²) >= 11 is 12.5. The minimum absolute atomic E-state index is 0.196. The van der Waals surface area contributed by atoms with Crippen molar-refractivity contribution < 1.29 is 9.53 Å². The lowest BCUT2D eigenvalue weighted by molar-refractivity contribution is 0.0946. The normalized spacial score (nSPS) is 12.6. The number of nitrogens with one attached hydrogen (secondary N) is 2. The summed E-state index contributed by atoms with van der Waals surface area (Å²) in [4.78, 5) is 19.2. The van der Waals surface area contributed by atoms with Crippen LogP contribution in [-0.2, 0) is 6.54 Å². The van der Waals surface area contributed by atoms with Crippen molar-refractivity contribution >= 4 is 40.6 Å². The van der Waals surface area contributed by atoms with Gasteiger partial charge in [0.25, 0.3) is 5.91 Å². The van der Waals surface area contributed by atoms with E-state index in [9.17, 15) is 4.79 Å². The van der Waals surface area contributed by atoms with Crippen molar-refractivity contribution in [3.63, 3.8) is 0 Å². The van der Waals surface area contributed by atoms with Gasteiger partial charge in [-0.05, 0) is 42.0 Å². The van der Waals surface area contributed by atoms with Crippen molar-refractivity contribution in [3.05, 3.63) is 82.0 Å². The molecule has 0 atom stereocenters. The molecule has 31 heavy (non-hydrogen) atoms. The number of ether oxygens (including phenoxy) is 1. The Kier molecular flexibility index (Phi) is 6.79. The van der Waals surface area contributed by atoms with Crippen LogP contribution in [0.15, 0.2) is 60.8 Å². The number of amides is 1. The molecule has 0 saturated carbocycles.